The highest BCUT2D eigenvalue weighted by atomic mass is 35.5. The van der Waals surface area contributed by atoms with Gasteiger partial charge in [0.25, 0.3) is 5.91 Å². The third-order valence-corrected chi connectivity index (χ3v) is 3.02. The molecule has 0 atom stereocenters. The van der Waals surface area contributed by atoms with Gasteiger partial charge in [0, 0.05) is 5.56 Å². The van der Waals surface area contributed by atoms with Crippen molar-refractivity contribution >= 4 is 23.2 Å². The molecule has 3 aromatic rings. The largest absolute Gasteiger partial charge is 0.464 e. The Morgan fingerprint density at radius 3 is 2.71 bits per heavy atom. The van der Waals surface area contributed by atoms with Gasteiger partial charge in [0.15, 0.2) is 11.0 Å². The van der Waals surface area contributed by atoms with Gasteiger partial charge in [-0.05, 0) is 54.1 Å². The summed E-state index contributed by atoms with van der Waals surface area (Å²) in [6, 6.07) is 10.6. The van der Waals surface area contributed by atoms with Crippen LogP contribution in [0.3, 0.4) is 0 Å². The Kier molecular flexibility index (Phi) is 3.50. The molecule has 4 nitrogen and oxygen atoms in total. The van der Waals surface area contributed by atoms with E-state index in [1.54, 1.807) is 18.2 Å². The van der Waals surface area contributed by atoms with E-state index in [4.69, 9.17) is 20.4 Å². The monoisotopic (exact) mass is 305 g/mol. The first-order valence-electron chi connectivity index (χ1n) is 6.03. The minimum atomic E-state index is -0.586. The van der Waals surface area contributed by atoms with E-state index in [-0.39, 0.29) is 16.7 Å². The molecule has 0 aliphatic rings. The van der Waals surface area contributed by atoms with Crippen molar-refractivity contribution < 1.29 is 18.0 Å². The molecule has 0 fully saturated rings. The van der Waals surface area contributed by atoms with Crippen molar-refractivity contribution in [1.82, 2.24) is 0 Å². The maximum atomic E-state index is 13.8. The summed E-state index contributed by atoms with van der Waals surface area (Å²) in [6.07, 6.45) is 1.52. The molecule has 1 N–H and O–H groups in total. The minimum absolute atomic E-state index is 0.00259. The molecule has 21 heavy (non-hydrogen) atoms. The van der Waals surface area contributed by atoms with Gasteiger partial charge < -0.3 is 14.2 Å². The molecule has 0 saturated heterocycles. The molecule has 0 aliphatic heterocycles. The van der Waals surface area contributed by atoms with Crippen molar-refractivity contribution in [2.45, 2.75) is 0 Å². The fourth-order valence-corrected chi connectivity index (χ4v) is 1.98. The zero-order chi connectivity index (χ0) is 14.8. The van der Waals surface area contributed by atoms with Gasteiger partial charge in [-0.3, -0.25) is 4.79 Å². The number of amides is 1. The maximum Gasteiger partial charge on any atom is 0.291 e. The van der Waals surface area contributed by atoms with Gasteiger partial charge in [-0.25, -0.2) is 4.39 Å². The highest BCUT2D eigenvalue weighted by Crippen LogP contribution is 2.26. The zero-order valence-electron chi connectivity index (χ0n) is 10.6. The molecule has 0 spiro atoms. The smallest absolute Gasteiger partial charge is 0.291 e. The lowest BCUT2D eigenvalue weighted by Gasteiger charge is -2.06. The van der Waals surface area contributed by atoms with Crippen LogP contribution < -0.4 is 5.32 Å². The Morgan fingerprint density at radius 2 is 2.05 bits per heavy atom. The van der Waals surface area contributed by atoms with Gasteiger partial charge in [0.05, 0.1) is 12.0 Å². The lowest BCUT2D eigenvalue weighted by molar-refractivity contribution is 0.0996. The van der Waals surface area contributed by atoms with Crippen LogP contribution in [0.5, 0.6) is 0 Å². The van der Waals surface area contributed by atoms with Crippen LogP contribution in [-0.2, 0) is 0 Å². The first kappa shape index (κ1) is 13.5. The summed E-state index contributed by atoms with van der Waals surface area (Å²) in [7, 11) is 0. The van der Waals surface area contributed by atoms with Crippen LogP contribution in [0.2, 0.25) is 5.22 Å². The Balaban J connectivity index is 1.88. The van der Waals surface area contributed by atoms with Crippen molar-refractivity contribution in [3.05, 3.63) is 65.5 Å². The standard InChI is InChI=1S/C15H9ClFNO3/c16-14-6-5-13(21-14)15(19)18-11-8-9(3-4-10(11)17)12-2-1-7-20-12/h1-8H,(H,18,19). The van der Waals surface area contributed by atoms with Crippen molar-refractivity contribution in [3.8, 4) is 11.3 Å². The van der Waals surface area contributed by atoms with Gasteiger partial charge in [-0.15, -0.1) is 0 Å². The molecule has 106 valence electrons. The molecule has 0 bridgehead atoms. The molecule has 0 saturated carbocycles. The second kappa shape index (κ2) is 5.46. The van der Waals surface area contributed by atoms with E-state index >= 15 is 0 Å². The number of carbonyl (C=O) groups is 1. The number of anilines is 1. The van der Waals surface area contributed by atoms with Crippen LogP contribution in [0.1, 0.15) is 10.6 Å². The zero-order valence-corrected chi connectivity index (χ0v) is 11.4. The van der Waals surface area contributed by atoms with Gasteiger partial charge in [-0.1, -0.05) is 0 Å². The Bertz CT molecular complexity index is 780. The summed E-state index contributed by atoms with van der Waals surface area (Å²) in [4.78, 5) is 11.9. The number of hydrogen-bond acceptors (Lipinski definition) is 3. The molecule has 0 unspecified atom stereocenters. The molecule has 2 heterocycles. The normalized spacial score (nSPS) is 10.6. The summed E-state index contributed by atoms with van der Waals surface area (Å²) in [5, 5.41) is 2.52. The van der Waals surface area contributed by atoms with Crippen molar-refractivity contribution in [2.24, 2.45) is 0 Å². The van der Waals surface area contributed by atoms with E-state index in [0.29, 0.717) is 11.3 Å². The molecular formula is C15H9ClFNO3. The summed E-state index contributed by atoms with van der Waals surface area (Å²) in [5.74, 6) is -0.567. The number of carbonyl (C=O) groups excluding carboxylic acids is 1. The third kappa shape index (κ3) is 2.83. The lowest BCUT2D eigenvalue weighted by atomic mass is 10.1. The fraction of sp³-hybridized carbons (Fsp3) is 0. The van der Waals surface area contributed by atoms with Crippen molar-refractivity contribution in [3.63, 3.8) is 0 Å². The van der Waals surface area contributed by atoms with Crippen LogP contribution in [0.4, 0.5) is 10.1 Å². The van der Waals surface area contributed by atoms with Crippen molar-refractivity contribution in [1.29, 1.82) is 0 Å². The number of rotatable bonds is 3. The van der Waals surface area contributed by atoms with E-state index in [0.717, 1.165) is 0 Å². The van der Waals surface area contributed by atoms with Crippen LogP contribution in [0.25, 0.3) is 11.3 Å². The Labute approximate surface area is 124 Å². The molecule has 3 rings (SSSR count). The number of benzene rings is 1. The Morgan fingerprint density at radius 1 is 1.19 bits per heavy atom. The van der Waals surface area contributed by atoms with E-state index in [9.17, 15) is 9.18 Å². The summed E-state index contributed by atoms with van der Waals surface area (Å²) >= 11 is 5.60. The average molecular weight is 306 g/mol. The number of halogens is 2. The van der Waals surface area contributed by atoms with Gasteiger partial charge in [-0.2, -0.15) is 0 Å². The second-order valence-electron chi connectivity index (χ2n) is 4.23. The highest BCUT2D eigenvalue weighted by Gasteiger charge is 2.14. The topological polar surface area (TPSA) is 55.4 Å². The van der Waals surface area contributed by atoms with E-state index in [1.807, 2.05) is 0 Å². The van der Waals surface area contributed by atoms with Crippen LogP contribution in [-0.4, -0.2) is 5.91 Å². The SMILES string of the molecule is O=C(Nc1cc(-c2ccco2)ccc1F)c1ccc(Cl)o1. The van der Waals surface area contributed by atoms with Gasteiger partial charge in [0.2, 0.25) is 0 Å². The average Bonchev–Trinajstić information content (AvgIpc) is 3.12. The number of hydrogen-bond donors (Lipinski definition) is 1. The predicted octanol–water partition coefficient (Wildman–Crippen LogP) is 4.58. The number of furan rings is 2. The highest BCUT2D eigenvalue weighted by molar-refractivity contribution is 6.29. The second-order valence-corrected chi connectivity index (χ2v) is 4.60. The predicted molar refractivity (Wildman–Crippen MR) is 75.8 cm³/mol. The summed E-state index contributed by atoms with van der Waals surface area (Å²) in [5.41, 5.74) is 0.676. The van der Waals surface area contributed by atoms with E-state index < -0.39 is 11.7 Å². The first-order valence-corrected chi connectivity index (χ1v) is 6.41. The molecule has 0 radical (unpaired) electrons. The lowest BCUT2D eigenvalue weighted by Crippen LogP contribution is -2.12. The third-order valence-electron chi connectivity index (χ3n) is 2.82. The fourth-order valence-electron chi connectivity index (χ4n) is 1.84. The maximum absolute atomic E-state index is 13.8. The van der Waals surface area contributed by atoms with Gasteiger partial charge in [0.1, 0.15) is 11.6 Å². The van der Waals surface area contributed by atoms with Crippen LogP contribution in [0.15, 0.2) is 57.6 Å². The summed E-state index contributed by atoms with van der Waals surface area (Å²) < 4.78 is 24.0. The van der Waals surface area contributed by atoms with Crippen LogP contribution >= 0.6 is 11.6 Å². The van der Waals surface area contributed by atoms with E-state index in [2.05, 4.69) is 5.32 Å². The van der Waals surface area contributed by atoms with Crippen molar-refractivity contribution in [2.75, 3.05) is 5.32 Å². The van der Waals surface area contributed by atoms with Gasteiger partial charge >= 0.3 is 0 Å². The molecule has 0 aliphatic carbocycles. The molecule has 1 aromatic carbocycles. The Hall–Kier alpha value is -2.53. The molecular weight excluding hydrogens is 297 g/mol. The first-order chi connectivity index (χ1) is 10.1. The molecule has 6 heteroatoms. The van der Waals surface area contributed by atoms with Crippen LogP contribution in [0, 0.1) is 5.82 Å². The molecule has 2 aromatic heterocycles. The van der Waals surface area contributed by atoms with E-state index in [1.165, 1.54) is 30.5 Å². The summed E-state index contributed by atoms with van der Waals surface area (Å²) in [6.45, 7) is 0. The molecule has 1 amide bonds. The quantitative estimate of drug-likeness (QED) is 0.770. The minimum Gasteiger partial charge on any atom is -0.464 e. The number of nitrogens with one attached hydrogen (secondary N) is 1.